The summed E-state index contributed by atoms with van der Waals surface area (Å²) in [6.07, 6.45) is 5.17. The summed E-state index contributed by atoms with van der Waals surface area (Å²) in [4.78, 5) is 9.30. The fourth-order valence-electron chi connectivity index (χ4n) is 5.46. The van der Waals surface area contributed by atoms with Crippen LogP contribution in [0.15, 0.2) is 95.7 Å². The van der Waals surface area contributed by atoms with E-state index in [1.807, 2.05) is 54.7 Å². The summed E-state index contributed by atoms with van der Waals surface area (Å²) in [5, 5.41) is 3.76. The number of hydrogen-bond donors (Lipinski definition) is 0. The van der Waals surface area contributed by atoms with Crippen molar-refractivity contribution >= 4 is 52.9 Å². The number of benzene rings is 3. The van der Waals surface area contributed by atoms with E-state index in [1.165, 1.54) is 20.5 Å². The summed E-state index contributed by atoms with van der Waals surface area (Å²) in [5.41, 5.74) is 7.44. The fourth-order valence-corrected chi connectivity index (χ4v) is 10.1. The van der Waals surface area contributed by atoms with E-state index in [0.717, 1.165) is 45.5 Å². The van der Waals surface area contributed by atoms with Gasteiger partial charge in [-0.1, -0.05) is 45.1 Å². The molecule has 0 fully saturated rings. The van der Waals surface area contributed by atoms with Crippen LogP contribution in [0.3, 0.4) is 0 Å². The van der Waals surface area contributed by atoms with E-state index in [4.69, 9.17) is 4.42 Å². The Hall–Kier alpha value is -2.83. The number of rotatable bonds is 6. The zero-order valence-corrected chi connectivity index (χ0v) is 32.6. The van der Waals surface area contributed by atoms with E-state index in [9.17, 15) is 0 Å². The molecule has 0 saturated heterocycles. The molecule has 3 nitrogen and oxygen atoms in total. The third kappa shape index (κ3) is 7.87. The zero-order valence-electron chi connectivity index (χ0n) is 27.1. The first-order valence-electron chi connectivity index (χ1n) is 15.2. The molecule has 0 spiro atoms. The summed E-state index contributed by atoms with van der Waals surface area (Å²) in [6, 6.07) is 33.3. The Kier molecular flexibility index (Phi) is 10.9. The Morgan fingerprint density at radius 2 is 1.39 bits per heavy atom. The molecule has 3 heterocycles. The number of nitrogens with zero attached hydrogens (tertiary/aromatic N) is 2. The second-order valence-corrected chi connectivity index (χ2v) is 29.3. The molecule has 0 saturated carbocycles. The number of hydrogen-bond acceptors (Lipinski definition) is 3. The van der Waals surface area contributed by atoms with Crippen LogP contribution >= 0.6 is 0 Å². The summed E-state index contributed by atoms with van der Waals surface area (Å²) in [6.45, 7) is 11.7. The van der Waals surface area contributed by atoms with Gasteiger partial charge in [0.05, 0.1) is 8.07 Å². The Morgan fingerprint density at radius 3 is 1.93 bits per heavy atom. The van der Waals surface area contributed by atoms with Crippen molar-refractivity contribution in [2.45, 2.75) is 57.2 Å². The smallest absolute Gasteiger partial charge is 0 e. The van der Waals surface area contributed by atoms with Gasteiger partial charge in [-0.2, -0.15) is 0 Å². The van der Waals surface area contributed by atoms with Crippen LogP contribution in [-0.2, 0) is 26.5 Å². The van der Waals surface area contributed by atoms with Crippen LogP contribution in [0.1, 0.15) is 19.4 Å². The molecular formula is C38H42GeIrN2OSi-2. The predicted octanol–water partition coefficient (Wildman–Crippen LogP) is 9.28. The van der Waals surface area contributed by atoms with Crippen LogP contribution in [0.4, 0.5) is 0 Å². The van der Waals surface area contributed by atoms with Crippen molar-refractivity contribution < 1.29 is 24.5 Å². The summed E-state index contributed by atoms with van der Waals surface area (Å²) >= 11 is -1.98. The van der Waals surface area contributed by atoms with Gasteiger partial charge in [-0.3, -0.25) is 0 Å². The van der Waals surface area contributed by atoms with E-state index in [0.29, 0.717) is 5.92 Å². The van der Waals surface area contributed by atoms with Crippen molar-refractivity contribution in [3.8, 4) is 22.5 Å². The first kappa shape index (κ1) is 34.1. The van der Waals surface area contributed by atoms with Gasteiger partial charge in [-0.25, -0.2) is 0 Å². The minimum Gasteiger partial charge on any atom is 0 e. The van der Waals surface area contributed by atoms with Crippen LogP contribution in [0.5, 0.6) is 0 Å². The Bertz CT molecular complexity index is 1840. The Labute approximate surface area is 280 Å². The molecule has 0 aliphatic heterocycles. The van der Waals surface area contributed by atoms with Gasteiger partial charge in [0.2, 0.25) is 0 Å². The number of fused-ring (bicyclic) bond motifs is 3. The quantitative estimate of drug-likeness (QED) is 0.124. The van der Waals surface area contributed by atoms with Crippen molar-refractivity contribution in [3.05, 3.63) is 109 Å². The largest absolute Gasteiger partial charge is 0 e. The standard InChI is InChI=1S/C20H18GeNO.C18H24NSi.Ir/c1-21(2,3)17-11-7-10-15-16-13-22-18(12-19(16)23-20(15)17)14-8-5-4-6-9-14;1-14(2)11-16-12-17(15-9-7-6-8-10-15)19-13-18(16)20(3,4)5;/h4-8,10-13H,1-3H3;6-9,12-14H,11H2,1-5H3;/q2*-1;. The molecule has 1 radical (unpaired) electrons. The molecule has 44 heavy (non-hydrogen) atoms. The summed E-state index contributed by atoms with van der Waals surface area (Å²) in [7, 11) is -1.34. The topological polar surface area (TPSA) is 38.9 Å². The van der Waals surface area contributed by atoms with Gasteiger partial charge >= 0.3 is 138 Å². The van der Waals surface area contributed by atoms with E-state index < -0.39 is 21.3 Å². The van der Waals surface area contributed by atoms with Crippen molar-refractivity contribution in [1.29, 1.82) is 0 Å². The normalized spacial score (nSPS) is 11.8. The second-order valence-electron chi connectivity index (χ2n) is 13.7. The number of pyridine rings is 2. The maximum Gasteiger partial charge on any atom is 0 e. The molecule has 0 atom stereocenters. The summed E-state index contributed by atoms with van der Waals surface area (Å²) < 4.78 is 7.67. The molecule has 3 aromatic carbocycles. The first-order chi connectivity index (χ1) is 20.4. The van der Waals surface area contributed by atoms with Gasteiger partial charge in [0.25, 0.3) is 0 Å². The minimum absolute atomic E-state index is 0. The van der Waals surface area contributed by atoms with Crippen LogP contribution in [-0.4, -0.2) is 31.3 Å². The van der Waals surface area contributed by atoms with Gasteiger partial charge in [0, 0.05) is 26.3 Å². The predicted molar refractivity (Wildman–Crippen MR) is 189 cm³/mol. The average molecular weight is 836 g/mol. The molecule has 229 valence electrons. The van der Waals surface area contributed by atoms with Crippen LogP contribution in [0.2, 0.25) is 36.9 Å². The van der Waals surface area contributed by atoms with Crippen molar-refractivity contribution in [3.63, 3.8) is 0 Å². The molecular weight excluding hydrogens is 793 g/mol. The minimum atomic E-state index is -1.98. The SMILES string of the molecule is CC(C)Cc1cc(-c2[c-]cccc2)ncc1[Si](C)(C)C.[CH3][Ge]([CH3])([CH3])[c]1cccc2c1oc1cc(-c3[c-]cccc3)ncc12.[Ir]. The third-order valence-electron chi connectivity index (χ3n) is 7.59. The molecule has 0 N–H and O–H groups in total. The molecule has 0 unspecified atom stereocenters. The van der Waals surface area contributed by atoms with Crippen LogP contribution < -0.4 is 9.58 Å². The second kappa shape index (κ2) is 14.1. The average Bonchev–Trinajstić information content (AvgIpc) is 3.35. The van der Waals surface area contributed by atoms with Gasteiger partial charge < -0.3 is 4.98 Å². The van der Waals surface area contributed by atoms with E-state index in [2.05, 4.69) is 109 Å². The van der Waals surface area contributed by atoms with Gasteiger partial charge in [-0.15, -0.1) is 35.9 Å². The molecule has 0 aliphatic rings. The maximum absolute atomic E-state index is 6.27. The van der Waals surface area contributed by atoms with E-state index in [1.54, 1.807) is 0 Å². The first-order valence-corrected chi connectivity index (χ1v) is 26.0. The van der Waals surface area contributed by atoms with Crippen molar-refractivity contribution in [2.24, 2.45) is 5.92 Å². The Morgan fingerprint density at radius 1 is 0.773 bits per heavy atom. The molecule has 0 aliphatic carbocycles. The zero-order chi connectivity index (χ0) is 30.8. The van der Waals surface area contributed by atoms with Gasteiger partial charge in [0.15, 0.2) is 0 Å². The number of para-hydroxylation sites is 1. The summed E-state index contributed by atoms with van der Waals surface area (Å²) in [5.74, 6) is 7.85. The van der Waals surface area contributed by atoms with Crippen LogP contribution in [0, 0.1) is 18.1 Å². The monoisotopic (exact) mass is 837 g/mol. The molecule has 0 amide bonds. The van der Waals surface area contributed by atoms with Gasteiger partial charge in [-0.05, 0) is 23.2 Å². The van der Waals surface area contributed by atoms with Gasteiger partial charge in [0.1, 0.15) is 0 Å². The molecule has 3 aromatic heterocycles. The number of aromatic nitrogens is 2. The van der Waals surface area contributed by atoms with E-state index >= 15 is 0 Å². The molecule has 6 heteroatoms. The molecule has 6 aromatic rings. The van der Waals surface area contributed by atoms with Crippen molar-refractivity contribution in [1.82, 2.24) is 9.97 Å². The maximum atomic E-state index is 6.27. The Balaban J connectivity index is 0.000000199. The molecule has 0 bridgehead atoms. The molecule has 6 rings (SSSR count). The van der Waals surface area contributed by atoms with Crippen molar-refractivity contribution in [2.75, 3.05) is 0 Å². The van der Waals surface area contributed by atoms with Crippen LogP contribution in [0.25, 0.3) is 44.5 Å². The number of furan rings is 1. The third-order valence-corrected chi connectivity index (χ3v) is 13.9. The van der Waals surface area contributed by atoms with E-state index in [-0.39, 0.29) is 20.1 Å². The fraction of sp³-hybridized carbons (Fsp3) is 0.263.